The highest BCUT2D eigenvalue weighted by Gasteiger charge is 2.48. The third kappa shape index (κ3) is 2.46. The molecule has 120 valence electrons. The van der Waals surface area contributed by atoms with Crippen molar-refractivity contribution in [1.29, 1.82) is 0 Å². The van der Waals surface area contributed by atoms with Crippen molar-refractivity contribution in [1.82, 2.24) is 9.80 Å². The van der Waals surface area contributed by atoms with Crippen LogP contribution in [0.4, 0.5) is 0 Å². The molecular weight excluding hydrogens is 280 g/mol. The molecule has 2 saturated heterocycles. The minimum Gasteiger partial charge on any atom is -0.336 e. The Labute approximate surface area is 131 Å². The van der Waals surface area contributed by atoms with Crippen molar-refractivity contribution < 1.29 is 14.4 Å². The van der Waals surface area contributed by atoms with Crippen LogP contribution in [-0.2, 0) is 14.4 Å². The molecule has 2 fully saturated rings. The van der Waals surface area contributed by atoms with E-state index in [1.54, 1.807) is 0 Å². The molecule has 2 heterocycles. The first kappa shape index (κ1) is 15.3. The molecule has 0 spiro atoms. The minimum atomic E-state index is -0.249. The number of piperidine rings is 1. The number of carbonyl (C=O) groups excluding carboxylic acids is 3. The molecule has 0 aromatic rings. The number of imide groups is 1. The molecule has 0 aromatic heterocycles. The molecule has 3 rings (SSSR count). The SMILES string of the molecule is C[C@@H]1CCC[C@H](C)N1C(=O)CN1C(=O)[C@H]2CC=CC[C@H]2C1=O. The minimum absolute atomic E-state index is 0.0840. The molecule has 0 radical (unpaired) electrons. The van der Waals surface area contributed by atoms with E-state index in [4.69, 9.17) is 0 Å². The maximum absolute atomic E-state index is 12.6. The number of hydrogen-bond acceptors (Lipinski definition) is 3. The summed E-state index contributed by atoms with van der Waals surface area (Å²) in [4.78, 5) is 40.6. The fourth-order valence-electron chi connectivity index (χ4n) is 4.15. The van der Waals surface area contributed by atoms with Crippen molar-refractivity contribution >= 4 is 17.7 Å². The Kier molecular flexibility index (Phi) is 4.06. The maximum Gasteiger partial charge on any atom is 0.243 e. The summed E-state index contributed by atoms with van der Waals surface area (Å²) in [6.07, 6.45) is 8.29. The third-order valence-electron chi connectivity index (χ3n) is 5.37. The number of nitrogens with zero attached hydrogens (tertiary/aromatic N) is 2. The van der Waals surface area contributed by atoms with E-state index in [1.165, 1.54) is 4.90 Å². The van der Waals surface area contributed by atoms with Gasteiger partial charge in [0.05, 0.1) is 11.8 Å². The highest BCUT2D eigenvalue weighted by atomic mass is 16.2. The van der Waals surface area contributed by atoms with E-state index in [-0.39, 0.29) is 48.2 Å². The number of hydrogen-bond donors (Lipinski definition) is 0. The number of fused-ring (bicyclic) bond motifs is 1. The zero-order chi connectivity index (χ0) is 15.9. The highest BCUT2D eigenvalue weighted by Crippen LogP contribution is 2.35. The van der Waals surface area contributed by atoms with Crippen LogP contribution in [0.1, 0.15) is 46.0 Å². The van der Waals surface area contributed by atoms with Gasteiger partial charge in [0.2, 0.25) is 17.7 Å². The summed E-state index contributed by atoms with van der Waals surface area (Å²) < 4.78 is 0. The molecule has 0 saturated carbocycles. The first-order valence-electron chi connectivity index (χ1n) is 8.32. The van der Waals surface area contributed by atoms with Crippen molar-refractivity contribution in [3.8, 4) is 0 Å². The summed E-state index contributed by atoms with van der Waals surface area (Å²) in [5.74, 6) is -0.911. The van der Waals surface area contributed by atoms with Gasteiger partial charge in [-0.15, -0.1) is 0 Å². The van der Waals surface area contributed by atoms with Crippen LogP contribution >= 0.6 is 0 Å². The Hall–Kier alpha value is -1.65. The van der Waals surface area contributed by atoms with Gasteiger partial charge in [0, 0.05) is 12.1 Å². The van der Waals surface area contributed by atoms with Crippen LogP contribution in [-0.4, -0.2) is 46.1 Å². The molecule has 22 heavy (non-hydrogen) atoms. The molecule has 0 unspecified atom stereocenters. The average Bonchev–Trinajstić information content (AvgIpc) is 2.73. The second-order valence-electron chi connectivity index (χ2n) is 6.85. The predicted molar refractivity (Wildman–Crippen MR) is 81.7 cm³/mol. The molecule has 5 nitrogen and oxygen atoms in total. The molecule has 0 aromatic carbocycles. The van der Waals surface area contributed by atoms with E-state index in [2.05, 4.69) is 0 Å². The van der Waals surface area contributed by atoms with Crippen LogP contribution in [0.5, 0.6) is 0 Å². The summed E-state index contributed by atoms with van der Waals surface area (Å²) in [6.45, 7) is 4.01. The molecular formula is C17H24N2O3. The molecule has 0 bridgehead atoms. The van der Waals surface area contributed by atoms with Gasteiger partial charge in [0.25, 0.3) is 0 Å². The number of rotatable bonds is 2. The Morgan fingerprint density at radius 2 is 1.55 bits per heavy atom. The number of likely N-dealkylation sites (tertiary alicyclic amines) is 2. The summed E-state index contributed by atoms with van der Waals surface area (Å²) in [6, 6.07) is 0.376. The third-order valence-corrected chi connectivity index (χ3v) is 5.37. The van der Waals surface area contributed by atoms with Crippen molar-refractivity contribution in [2.75, 3.05) is 6.54 Å². The lowest BCUT2D eigenvalue weighted by atomic mass is 9.85. The largest absolute Gasteiger partial charge is 0.336 e. The molecule has 1 aliphatic carbocycles. The van der Waals surface area contributed by atoms with Crippen molar-refractivity contribution in [2.24, 2.45) is 11.8 Å². The second kappa shape index (κ2) is 5.86. The van der Waals surface area contributed by atoms with Gasteiger partial charge < -0.3 is 4.90 Å². The van der Waals surface area contributed by atoms with Crippen LogP contribution < -0.4 is 0 Å². The molecule has 4 atom stereocenters. The van der Waals surface area contributed by atoms with E-state index < -0.39 is 0 Å². The van der Waals surface area contributed by atoms with Crippen LogP contribution in [0.2, 0.25) is 0 Å². The Morgan fingerprint density at radius 1 is 1.05 bits per heavy atom. The number of allylic oxidation sites excluding steroid dienone is 2. The van der Waals surface area contributed by atoms with E-state index in [0.717, 1.165) is 19.3 Å². The van der Waals surface area contributed by atoms with E-state index in [0.29, 0.717) is 12.8 Å². The smallest absolute Gasteiger partial charge is 0.243 e. The predicted octanol–water partition coefficient (Wildman–Crippen LogP) is 1.73. The number of carbonyl (C=O) groups is 3. The quantitative estimate of drug-likeness (QED) is 0.576. The second-order valence-corrected chi connectivity index (χ2v) is 6.85. The van der Waals surface area contributed by atoms with Crippen LogP contribution in [0, 0.1) is 11.8 Å². The van der Waals surface area contributed by atoms with Gasteiger partial charge in [-0.05, 0) is 46.0 Å². The zero-order valence-corrected chi connectivity index (χ0v) is 13.3. The Morgan fingerprint density at radius 3 is 2.05 bits per heavy atom. The van der Waals surface area contributed by atoms with Gasteiger partial charge in [-0.3, -0.25) is 19.3 Å². The summed E-state index contributed by atoms with van der Waals surface area (Å²) in [7, 11) is 0. The van der Waals surface area contributed by atoms with Crippen LogP contribution in [0.15, 0.2) is 12.2 Å². The molecule has 2 aliphatic heterocycles. The maximum atomic E-state index is 12.6. The van der Waals surface area contributed by atoms with Gasteiger partial charge in [-0.25, -0.2) is 0 Å². The lowest BCUT2D eigenvalue weighted by molar-refractivity contribution is -0.149. The van der Waals surface area contributed by atoms with Crippen LogP contribution in [0.3, 0.4) is 0 Å². The lowest BCUT2D eigenvalue weighted by Gasteiger charge is -2.39. The summed E-state index contributed by atoms with van der Waals surface area (Å²) in [5, 5.41) is 0. The van der Waals surface area contributed by atoms with Gasteiger partial charge in [-0.2, -0.15) is 0 Å². The summed E-state index contributed by atoms with van der Waals surface area (Å²) >= 11 is 0. The van der Waals surface area contributed by atoms with Gasteiger partial charge in [0.15, 0.2) is 0 Å². The molecule has 3 aliphatic rings. The normalized spacial score (nSPS) is 35.0. The monoisotopic (exact) mass is 304 g/mol. The zero-order valence-electron chi connectivity index (χ0n) is 13.3. The van der Waals surface area contributed by atoms with Crippen molar-refractivity contribution in [3.05, 3.63) is 12.2 Å². The fourth-order valence-corrected chi connectivity index (χ4v) is 4.15. The molecule has 5 heteroatoms. The van der Waals surface area contributed by atoms with Gasteiger partial charge >= 0.3 is 0 Å². The van der Waals surface area contributed by atoms with Gasteiger partial charge in [-0.1, -0.05) is 12.2 Å². The van der Waals surface area contributed by atoms with Gasteiger partial charge in [0.1, 0.15) is 6.54 Å². The first-order valence-corrected chi connectivity index (χ1v) is 8.32. The Balaban J connectivity index is 1.71. The van der Waals surface area contributed by atoms with Crippen LogP contribution in [0.25, 0.3) is 0 Å². The Bertz CT molecular complexity index is 492. The van der Waals surface area contributed by atoms with Crippen molar-refractivity contribution in [3.63, 3.8) is 0 Å². The average molecular weight is 304 g/mol. The number of amides is 3. The van der Waals surface area contributed by atoms with Crippen molar-refractivity contribution in [2.45, 2.75) is 58.0 Å². The molecule has 0 N–H and O–H groups in total. The van der Waals surface area contributed by atoms with E-state index >= 15 is 0 Å². The van der Waals surface area contributed by atoms with E-state index in [1.807, 2.05) is 30.9 Å². The standard InChI is InChI=1S/C17H24N2O3/c1-11-6-5-7-12(2)19(11)15(20)10-18-16(21)13-8-3-4-9-14(13)17(18)22/h3-4,11-14H,5-10H2,1-2H3/t11-,12+,13-,14+. The fraction of sp³-hybridized carbons (Fsp3) is 0.706. The van der Waals surface area contributed by atoms with E-state index in [9.17, 15) is 14.4 Å². The summed E-state index contributed by atoms with van der Waals surface area (Å²) in [5.41, 5.74) is 0. The molecule has 3 amide bonds. The highest BCUT2D eigenvalue weighted by molar-refractivity contribution is 6.07. The first-order chi connectivity index (χ1) is 10.5. The topological polar surface area (TPSA) is 57.7 Å². The lowest BCUT2D eigenvalue weighted by Crippen LogP contribution is -2.52.